The lowest BCUT2D eigenvalue weighted by Gasteiger charge is -2.42. The summed E-state index contributed by atoms with van der Waals surface area (Å²) in [5.74, 6) is 0.704. The highest BCUT2D eigenvalue weighted by Crippen LogP contribution is 2.17. The molecule has 0 saturated carbocycles. The van der Waals surface area contributed by atoms with Gasteiger partial charge in [-0.2, -0.15) is 0 Å². The Morgan fingerprint density at radius 2 is 1.06 bits per heavy atom. The van der Waals surface area contributed by atoms with E-state index in [9.17, 15) is 5.11 Å². The molecule has 4 nitrogen and oxygen atoms in total. The first-order chi connectivity index (χ1) is 16.6. The summed E-state index contributed by atoms with van der Waals surface area (Å²) in [4.78, 5) is 2.43. The first kappa shape index (κ1) is 31.9. The fraction of sp³-hybridized carbons (Fsp3) is 1.00. The van der Waals surface area contributed by atoms with Crippen LogP contribution in [0.1, 0.15) is 136 Å². The monoisotopic (exact) mass is 481 g/mol. The van der Waals surface area contributed by atoms with Crippen molar-refractivity contribution in [2.75, 3.05) is 46.3 Å². The fourth-order valence-electron chi connectivity index (χ4n) is 5.31. The normalized spacial score (nSPS) is 17.5. The zero-order chi connectivity index (χ0) is 24.9. The van der Waals surface area contributed by atoms with Gasteiger partial charge in [-0.15, -0.1) is 0 Å². The van der Waals surface area contributed by atoms with Gasteiger partial charge < -0.3 is 10.0 Å². The molecule has 204 valence electrons. The van der Waals surface area contributed by atoms with Crippen molar-refractivity contribution in [1.82, 2.24) is 14.9 Å². The number of rotatable bonds is 23. The van der Waals surface area contributed by atoms with E-state index in [0.717, 1.165) is 45.7 Å². The average molecular weight is 482 g/mol. The molecule has 1 aliphatic heterocycles. The Balaban J connectivity index is 2.29. The van der Waals surface area contributed by atoms with Gasteiger partial charge in [0.25, 0.3) is 0 Å². The fourth-order valence-corrected chi connectivity index (χ4v) is 5.31. The predicted molar refractivity (Wildman–Crippen MR) is 150 cm³/mol. The van der Waals surface area contributed by atoms with E-state index in [4.69, 9.17) is 0 Å². The molecule has 0 radical (unpaired) electrons. The van der Waals surface area contributed by atoms with E-state index in [1.807, 2.05) is 0 Å². The van der Waals surface area contributed by atoms with Crippen LogP contribution in [0.4, 0.5) is 0 Å². The van der Waals surface area contributed by atoms with Gasteiger partial charge in [-0.1, -0.05) is 124 Å². The van der Waals surface area contributed by atoms with E-state index in [2.05, 4.69) is 42.7 Å². The summed E-state index contributed by atoms with van der Waals surface area (Å²) in [6.07, 6.45) is 24.0. The molecule has 2 atom stereocenters. The Bertz CT molecular complexity index is 397. The Labute approximate surface area is 214 Å². The molecule has 0 spiro atoms. The minimum absolute atomic E-state index is 0.185. The van der Waals surface area contributed by atoms with Crippen molar-refractivity contribution in [3.63, 3.8) is 0 Å². The molecule has 1 N–H and O–H groups in total. The summed E-state index contributed by atoms with van der Waals surface area (Å²) < 4.78 is 0. The predicted octanol–water partition coefficient (Wildman–Crippen LogP) is 7.51. The molecule has 0 aromatic carbocycles. The minimum atomic E-state index is -0.185. The van der Waals surface area contributed by atoms with Crippen molar-refractivity contribution in [2.45, 2.75) is 142 Å². The summed E-state index contributed by atoms with van der Waals surface area (Å²) >= 11 is 0. The third-order valence-corrected chi connectivity index (χ3v) is 7.76. The Morgan fingerprint density at radius 3 is 1.56 bits per heavy atom. The van der Waals surface area contributed by atoms with Gasteiger partial charge >= 0.3 is 0 Å². The number of hydrogen-bond donors (Lipinski definition) is 1. The first-order valence-corrected chi connectivity index (χ1v) is 15.4. The second-order valence-electron chi connectivity index (χ2n) is 11.4. The smallest absolute Gasteiger partial charge is 0.0681 e. The lowest BCUT2D eigenvalue weighted by molar-refractivity contribution is -0.0840. The van der Waals surface area contributed by atoms with Gasteiger partial charge in [0.1, 0.15) is 0 Å². The molecule has 0 aliphatic carbocycles. The quantitative estimate of drug-likeness (QED) is 0.153. The van der Waals surface area contributed by atoms with Crippen molar-refractivity contribution >= 4 is 0 Å². The lowest BCUT2D eigenvalue weighted by Crippen LogP contribution is -2.55. The second-order valence-corrected chi connectivity index (χ2v) is 11.4. The van der Waals surface area contributed by atoms with Gasteiger partial charge in [-0.3, -0.25) is 0 Å². The number of piperazine rings is 1. The maximum Gasteiger partial charge on any atom is 0.0681 e. The second kappa shape index (κ2) is 22.1. The number of aliphatic hydroxyl groups is 1. The summed E-state index contributed by atoms with van der Waals surface area (Å²) in [5.41, 5.74) is 0. The standard InChI is InChI=1S/C30H63N3O/c1-5-7-9-11-13-15-17-19-21-29(3)27-33(32-25-23-31(4)24-26-32)28-30(34)22-20-18-16-14-12-10-8-6-2/h29-30,34H,5-28H2,1-4H3. The number of hydrazine groups is 1. The summed E-state index contributed by atoms with van der Waals surface area (Å²) in [6, 6.07) is 0. The van der Waals surface area contributed by atoms with Crippen molar-refractivity contribution < 1.29 is 5.11 Å². The molecule has 0 bridgehead atoms. The topological polar surface area (TPSA) is 30.0 Å². The highest BCUT2D eigenvalue weighted by Gasteiger charge is 2.23. The van der Waals surface area contributed by atoms with E-state index in [-0.39, 0.29) is 6.10 Å². The summed E-state index contributed by atoms with van der Waals surface area (Å²) in [7, 11) is 2.23. The Kier molecular flexibility index (Phi) is 20.7. The van der Waals surface area contributed by atoms with E-state index in [1.165, 1.54) is 109 Å². The molecule has 34 heavy (non-hydrogen) atoms. The molecule has 1 heterocycles. The molecule has 4 heteroatoms. The van der Waals surface area contributed by atoms with Gasteiger partial charge in [0.05, 0.1) is 6.10 Å². The van der Waals surface area contributed by atoms with Crippen molar-refractivity contribution in [1.29, 1.82) is 0 Å². The third kappa shape index (κ3) is 17.3. The maximum atomic E-state index is 10.8. The molecule has 2 unspecified atom stereocenters. The first-order valence-electron chi connectivity index (χ1n) is 15.4. The van der Waals surface area contributed by atoms with E-state index >= 15 is 0 Å². The van der Waals surface area contributed by atoms with Crippen LogP contribution in [-0.4, -0.2) is 72.4 Å². The van der Waals surface area contributed by atoms with Crippen LogP contribution in [-0.2, 0) is 0 Å². The van der Waals surface area contributed by atoms with Gasteiger partial charge in [0.2, 0.25) is 0 Å². The molecule has 1 rings (SSSR count). The SMILES string of the molecule is CCCCCCCCCCC(C)CN(CC(O)CCCCCCCCCC)N1CCN(C)CC1. The van der Waals surface area contributed by atoms with E-state index < -0.39 is 0 Å². The van der Waals surface area contributed by atoms with Crippen LogP contribution in [0.5, 0.6) is 0 Å². The van der Waals surface area contributed by atoms with Crippen molar-refractivity contribution in [2.24, 2.45) is 5.92 Å². The van der Waals surface area contributed by atoms with Crippen molar-refractivity contribution in [3.05, 3.63) is 0 Å². The van der Waals surface area contributed by atoms with Gasteiger partial charge in [-0.05, 0) is 25.8 Å². The zero-order valence-electron chi connectivity index (χ0n) is 23.9. The van der Waals surface area contributed by atoms with Crippen LogP contribution in [0.2, 0.25) is 0 Å². The highest BCUT2D eigenvalue weighted by atomic mass is 16.3. The number of likely N-dealkylation sites (N-methyl/N-ethyl adjacent to an activating group) is 1. The van der Waals surface area contributed by atoms with E-state index in [0.29, 0.717) is 5.92 Å². The molecular formula is C30H63N3O. The molecule has 1 aliphatic rings. The van der Waals surface area contributed by atoms with Crippen LogP contribution in [0.3, 0.4) is 0 Å². The molecule has 1 saturated heterocycles. The summed E-state index contributed by atoms with van der Waals surface area (Å²) in [5, 5.41) is 15.9. The van der Waals surface area contributed by atoms with Crippen LogP contribution in [0.25, 0.3) is 0 Å². The summed E-state index contributed by atoms with van der Waals surface area (Å²) in [6.45, 7) is 13.4. The minimum Gasteiger partial charge on any atom is -0.392 e. The van der Waals surface area contributed by atoms with Crippen LogP contribution in [0, 0.1) is 5.92 Å². The number of hydrogen-bond acceptors (Lipinski definition) is 4. The number of unbranched alkanes of at least 4 members (excludes halogenated alkanes) is 14. The molecule has 0 aromatic heterocycles. The van der Waals surface area contributed by atoms with E-state index in [1.54, 1.807) is 0 Å². The van der Waals surface area contributed by atoms with Gasteiger partial charge in [0, 0.05) is 39.3 Å². The van der Waals surface area contributed by atoms with Crippen LogP contribution >= 0.6 is 0 Å². The highest BCUT2D eigenvalue weighted by molar-refractivity contribution is 4.73. The molecular weight excluding hydrogens is 418 g/mol. The average Bonchev–Trinajstić information content (AvgIpc) is 2.82. The largest absolute Gasteiger partial charge is 0.392 e. The third-order valence-electron chi connectivity index (χ3n) is 7.76. The van der Waals surface area contributed by atoms with Crippen LogP contribution in [0.15, 0.2) is 0 Å². The Hall–Kier alpha value is -0.160. The zero-order valence-corrected chi connectivity index (χ0v) is 23.9. The lowest BCUT2D eigenvalue weighted by atomic mass is 10.0. The van der Waals surface area contributed by atoms with Crippen LogP contribution < -0.4 is 0 Å². The maximum absolute atomic E-state index is 10.8. The number of nitrogens with zero attached hydrogens (tertiary/aromatic N) is 3. The Morgan fingerprint density at radius 1 is 0.618 bits per heavy atom. The van der Waals surface area contributed by atoms with Gasteiger partial charge in [-0.25, -0.2) is 10.0 Å². The number of aliphatic hydroxyl groups excluding tert-OH is 1. The van der Waals surface area contributed by atoms with Gasteiger partial charge in [0.15, 0.2) is 0 Å². The molecule has 0 amide bonds. The molecule has 0 aromatic rings. The molecule has 1 fully saturated rings. The van der Waals surface area contributed by atoms with Crippen molar-refractivity contribution in [3.8, 4) is 0 Å².